The Hall–Kier alpha value is -2.08. The highest BCUT2D eigenvalue weighted by Crippen LogP contribution is 2.28. The predicted octanol–water partition coefficient (Wildman–Crippen LogP) is 3.03. The Bertz CT molecular complexity index is 695. The van der Waals surface area contributed by atoms with E-state index in [-0.39, 0.29) is 0 Å². The first kappa shape index (κ1) is 16.8. The summed E-state index contributed by atoms with van der Waals surface area (Å²) in [5, 5.41) is 6.61. The van der Waals surface area contributed by atoms with Gasteiger partial charge in [-0.25, -0.2) is 4.98 Å². The van der Waals surface area contributed by atoms with Crippen molar-refractivity contribution in [1.82, 2.24) is 15.2 Å². The second-order valence-corrected chi connectivity index (χ2v) is 6.93. The zero-order chi connectivity index (χ0) is 16.9. The van der Waals surface area contributed by atoms with Gasteiger partial charge in [0.25, 0.3) is 0 Å². The average molecular weight is 344 g/mol. The van der Waals surface area contributed by atoms with Gasteiger partial charge in [-0.2, -0.15) is 0 Å². The van der Waals surface area contributed by atoms with Gasteiger partial charge in [-0.05, 0) is 31.0 Å². The number of guanidine groups is 1. The predicted molar refractivity (Wildman–Crippen MR) is 99.0 cm³/mol. The summed E-state index contributed by atoms with van der Waals surface area (Å²) in [5.41, 5.74) is 2.44. The number of likely N-dealkylation sites (tertiary alicyclic amines) is 1. The van der Waals surface area contributed by atoms with Gasteiger partial charge >= 0.3 is 0 Å². The quantitative estimate of drug-likeness (QED) is 0.684. The fourth-order valence-electron chi connectivity index (χ4n) is 3.07. The minimum absolute atomic E-state index is 0.538. The first-order valence-corrected chi connectivity index (χ1v) is 9.08. The monoisotopic (exact) mass is 344 g/mol. The van der Waals surface area contributed by atoms with E-state index in [1.54, 1.807) is 18.4 Å². The molecule has 0 spiro atoms. The van der Waals surface area contributed by atoms with E-state index >= 15 is 0 Å². The molecule has 24 heavy (non-hydrogen) atoms. The molecule has 1 saturated heterocycles. The number of hydrogen-bond acceptors (Lipinski definition) is 4. The Kier molecular flexibility index (Phi) is 5.35. The lowest BCUT2D eigenvalue weighted by Gasteiger charge is -2.21. The summed E-state index contributed by atoms with van der Waals surface area (Å²) in [6.07, 6.45) is 1.14. The van der Waals surface area contributed by atoms with Crippen LogP contribution in [0.2, 0.25) is 0 Å². The summed E-state index contributed by atoms with van der Waals surface area (Å²) < 4.78 is 5.24. The van der Waals surface area contributed by atoms with Gasteiger partial charge in [-0.3, -0.25) is 4.99 Å². The van der Waals surface area contributed by atoms with Crippen molar-refractivity contribution >= 4 is 17.3 Å². The van der Waals surface area contributed by atoms with Crippen molar-refractivity contribution in [3.8, 4) is 5.75 Å². The molecule has 1 aromatic carbocycles. The number of benzene rings is 1. The molecule has 1 N–H and O–H groups in total. The van der Waals surface area contributed by atoms with Gasteiger partial charge in [0.1, 0.15) is 10.8 Å². The highest BCUT2D eigenvalue weighted by Gasteiger charge is 2.26. The molecule has 1 unspecified atom stereocenters. The van der Waals surface area contributed by atoms with E-state index in [9.17, 15) is 0 Å². The summed E-state index contributed by atoms with van der Waals surface area (Å²) in [7, 11) is 3.54. The van der Waals surface area contributed by atoms with Crippen molar-refractivity contribution in [2.24, 2.45) is 4.99 Å². The van der Waals surface area contributed by atoms with E-state index in [1.165, 1.54) is 5.56 Å². The lowest BCUT2D eigenvalue weighted by Crippen LogP contribution is -2.39. The smallest absolute Gasteiger partial charge is 0.194 e. The van der Waals surface area contributed by atoms with E-state index in [0.29, 0.717) is 5.92 Å². The van der Waals surface area contributed by atoms with Crippen LogP contribution in [0.25, 0.3) is 0 Å². The summed E-state index contributed by atoms with van der Waals surface area (Å²) >= 11 is 1.69. The number of hydrogen-bond donors (Lipinski definition) is 1. The number of rotatable bonds is 4. The topological polar surface area (TPSA) is 49.8 Å². The minimum atomic E-state index is 0.538. The van der Waals surface area contributed by atoms with Crippen molar-refractivity contribution in [3.63, 3.8) is 0 Å². The zero-order valence-corrected chi connectivity index (χ0v) is 15.3. The van der Waals surface area contributed by atoms with Crippen molar-refractivity contribution in [2.75, 3.05) is 27.2 Å². The van der Waals surface area contributed by atoms with Gasteiger partial charge < -0.3 is 15.0 Å². The molecule has 128 valence electrons. The van der Waals surface area contributed by atoms with Crippen LogP contribution >= 0.6 is 11.3 Å². The average Bonchev–Trinajstić information content (AvgIpc) is 3.25. The standard InChI is InChI=1S/C18H24N4OS/c1-13-12-24-17(21-13)10-20-18(19-2)22-9-8-15(11-22)14-4-6-16(23-3)7-5-14/h4-7,12,15H,8-11H2,1-3H3,(H,19,20). The third-order valence-electron chi connectivity index (χ3n) is 4.35. The number of thiazole rings is 1. The maximum absolute atomic E-state index is 5.24. The van der Waals surface area contributed by atoms with E-state index < -0.39 is 0 Å². The van der Waals surface area contributed by atoms with Gasteiger partial charge in [-0.1, -0.05) is 12.1 Å². The molecule has 5 nitrogen and oxygen atoms in total. The highest BCUT2D eigenvalue weighted by molar-refractivity contribution is 7.09. The van der Waals surface area contributed by atoms with Crippen molar-refractivity contribution in [1.29, 1.82) is 0 Å². The SMILES string of the molecule is CN=C(NCc1nc(C)cs1)N1CCC(c2ccc(OC)cc2)C1. The molecule has 1 fully saturated rings. The number of methoxy groups -OCH3 is 1. The lowest BCUT2D eigenvalue weighted by atomic mass is 9.98. The van der Waals surface area contributed by atoms with E-state index in [1.807, 2.05) is 26.1 Å². The van der Waals surface area contributed by atoms with Crippen molar-refractivity contribution < 1.29 is 4.74 Å². The molecular weight excluding hydrogens is 320 g/mol. The first-order valence-electron chi connectivity index (χ1n) is 8.20. The zero-order valence-electron chi connectivity index (χ0n) is 14.5. The first-order chi connectivity index (χ1) is 11.7. The van der Waals surface area contributed by atoms with E-state index in [4.69, 9.17) is 4.74 Å². The molecule has 2 aromatic rings. The third-order valence-corrected chi connectivity index (χ3v) is 5.32. The normalized spacial score (nSPS) is 18.0. The Morgan fingerprint density at radius 3 is 2.83 bits per heavy atom. The Balaban J connectivity index is 1.58. The van der Waals surface area contributed by atoms with Gasteiger partial charge in [0, 0.05) is 37.1 Å². The van der Waals surface area contributed by atoms with Crippen LogP contribution in [0.1, 0.15) is 28.6 Å². The maximum Gasteiger partial charge on any atom is 0.194 e. The molecular formula is C18H24N4OS. The summed E-state index contributed by atoms with van der Waals surface area (Å²) in [5.74, 6) is 2.40. The largest absolute Gasteiger partial charge is 0.497 e. The summed E-state index contributed by atoms with van der Waals surface area (Å²) in [6.45, 7) is 4.76. The van der Waals surface area contributed by atoms with Gasteiger partial charge in [0.15, 0.2) is 5.96 Å². The fourth-order valence-corrected chi connectivity index (χ4v) is 3.78. The molecule has 3 rings (SSSR count). The molecule has 0 radical (unpaired) electrons. The molecule has 1 aromatic heterocycles. The van der Waals surface area contributed by atoms with Crippen molar-refractivity contribution in [2.45, 2.75) is 25.8 Å². The number of nitrogens with zero attached hydrogens (tertiary/aromatic N) is 3. The van der Waals surface area contributed by atoms with Crippen molar-refractivity contribution in [3.05, 3.63) is 45.9 Å². The van der Waals surface area contributed by atoms with Crippen LogP contribution in [0, 0.1) is 6.92 Å². The van der Waals surface area contributed by atoms with Gasteiger partial charge in [-0.15, -0.1) is 11.3 Å². The molecule has 0 amide bonds. The number of nitrogens with one attached hydrogen (secondary N) is 1. The Morgan fingerprint density at radius 2 is 2.21 bits per heavy atom. The molecule has 1 aliphatic rings. The fraction of sp³-hybridized carbons (Fsp3) is 0.444. The van der Waals surface area contributed by atoms with Crippen LogP contribution < -0.4 is 10.1 Å². The molecule has 1 aliphatic heterocycles. The molecule has 0 aliphatic carbocycles. The van der Waals surface area contributed by atoms with Crippen LogP contribution in [0.4, 0.5) is 0 Å². The number of aryl methyl sites for hydroxylation is 1. The van der Waals surface area contributed by atoms with Crippen LogP contribution in [0.3, 0.4) is 0 Å². The number of aliphatic imine (C=N–C) groups is 1. The maximum atomic E-state index is 5.24. The van der Waals surface area contributed by atoms with Crippen LogP contribution in [0.5, 0.6) is 5.75 Å². The van der Waals surface area contributed by atoms with Gasteiger partial charge in [0.2, 0.25) is 0 Å². The third kappa shape index (κ3) is 3.87. The molecule has 2 heterocycles. The van der Waals surface area contributed by atoms with E-state index in [0.717, 1.165) is 48.5 Å². The van der Waals surface area contributed by atoms with E-state index in [2.05, 4.69) is 37.7 Å². The van der Waals surface area contributed by atoms with Gasteiger partial charge in [0.05, 0.1) is 13.7 Å². The van der Waals surface area contributed by atoms with Crippen LogP contribution in [-0.2, 0) is 6.54 Å². The van der Waals surface area contributed by atoms with Crippen LogP contribution in [-0.4, -0.2) is 43.1 Å². The lowest BCUT2D eigenvalue weighted by molar-refractivity contribution is 0.414. The second kappa shape index (κ2) is 7.66. The number of ether oxygens (including phenoxy) is 1. The molecule has 1 atom stereocenters. The Labute approximate surface area is 147 Å². The second-order valence-electron chi connectivity index (χ2n) is 5.99. The molecule has 0 saturated carbocycles. The minimum Gasteiger partial charge on any atom is -0.497 e. The van der Waals surface area contributed by atoms with Crippen LogP contribution in [0.15, 0.2) is 34.6 Å². The Morgan fingerprint density at radius 1 is 1.42 bits per heavy atom. The summed E-state index contributed by atoms with van der Waals surface area (Å²) in [6, 6.07) is 8.41. The highest BCUT2D eigenvalue weighted by atomic mass is 32.1. The number of aromatic nitrogens is 1. The molecule has 6 heteroatoms. The summed E-state index contributed by atoms with van der Waals surface area (Å²) in [4.78, 5) is 11.3. The molecule has 0 bridgehead atoms.